The van der Waals surface area contributed by atoms with Crippen molar-refractivity contribution in [3.8, 4) is 0 Å². The number of aryl methyl sites for hydroxylation is 1. The van der Waals surface area contributed by atoms with Crippen molar-refractivity contribution in [2.24, 2.45) is 0 Å². The Balaban J connectivity index is 1.76. The van der Waals surface area contributed by atoms with Crippen LogP contribution in [-0.4, -0.2) is 23.2 Å². The molecule has 1 amide bonds. The molecule has 3 nitrogen and oxygen atoms in total. The first-order valence-corrected chi connectivity index (χ1v) is 7.72. The minimum Gasteiger partial charge on any atom is -0.388 e. The summed E-state index contributed by atoms with van der Waals surface area (Å²) < 4.78 is 12.8. The molecule has 0 heterocycles. The van der Waals surface area contributed by atoms with Crippen LogP contribution in [0.15, 0.2) is 54.6 Å². The molecule has 23 heavy (non-hydrogen) atoms. The van der Waals surface area contributed by atoms with Gasteiger partial charge in [-0.15, -0.1) is 0 Å². The molecule has 0 spiro atoms. The lowest BCUT2D eigenvalue weighted by molar-refractivity contribution is -0.121. The van der Waals surface area contributed by atoms with Gasteiger partial charge in [-0.2, -0.15) is 0 Å². The van der Waals surface area contributed by atoms with E-state index in [1.54, 1.807) is 19.1 Å². The van der Waals surface area contributed by atoms with Crippen molar-refractivity contribution in [3.05, 3.63) is 71.5 Å². The van der Waals surface area contributed by atoms with Gasteiger partial charge in [0.15, 0.2) is 0 Å². The van der Waals surface area contributed by atoms with Gasteiger partial charge in [0.25, 0.3) is 0 Å². The molecule has 2 rings (SSSR count). The van der Waals surface area contributed by atoms with Crippen LogP contribution in [0.4, 0.5) is 4.39 Å². The van der Waals surface area contributed by atoms with Crippen molar-refractivity contribution in [1.29, 1.82) is 0 Å². The molecular weight excluding hydrogens is 293 g/mol. The summed E-state index contributed by atoms with van der Waals surface area (Å²) in [6.07, 6.45) is 1.49. The first-order chi connectivity index (χ1) is 10.9. The van der Waals surface area contributed by atoms with E-state index >= 15 is 0 Å². The van der Waals surface area contributed by atoms with Crippen molar-refractivity contribution in [1.82, 2.24) is 5.32 Å². The summed E-state index contributed by atoms with van der Waals surface area (Å²) in [6.45, 7) is 1.91. The summed E-state index contributed by atoms with van der Waals surface area (Å²) >= 11 is 0. The van der Waals surface area contributed by atoms with Crippen LogP contribution in [0.25, 0.3) is 0 Å². The summed E-state index contributed by atoms with van der Waals surface area (Å²) in [6, 6.07) is 15.8. The molecule has 0 bridgehead atoms. The lowest BCUT2D eigenvalue weighted by Gasteiger charge is -2.23. The average molecular weight is 315 g/mol. The van der Waals surface area contributed by atoms with Crippen molar-refractivity contribution in [2.45, 2.75) is 31.8 Å². The fraction of sp³-hybridized carbons (Fsp3) is 0.316. The Hall–Kier alpha value is -2.20. The molecule has 0 aliphatic carbocycles. The van der Waals surface area contributed by atoms with Crippen molar-refractivity contribution in [2.75, 3.05) is 6.54 Å². The Kier molecular flexibility index (Phi) is 5.88. The van der Waals surface area contributed by atoms with Gasteiger partial charge in [0.2, 0.25) is 5.91 Å². The topological polar surface area (TPSA) is 49.3 Å². The molecule has 2 aromatic rings. The second-order valence-corrected chi connectivity index (χ2v) is 6.06. The number of aliphatic hydroxyl groups is 1. The summed E-state index contributed by atoms with van der Waals surface area (Å²) in [4.78, 5) is 11.9. The van der Waals surface area contributed by atoms with Gasteiger partial charge in [0.1, 0.15) is 5.82 Å². The number of hydrogen-bond donors (Lipinski definition) is 2. The zero-order valence-corrected chi connectivity index (χ0v) is 13.3. The fourth-order valence-electron chi connectivity index (χ4n) is 2.29. The monoisotopic (exact) mass is 315 g/mol. The summed E-state index contributed by atoms with van der Waals surface area (Å²) in [5.41, 5.74) is 0.937. The number of halogens is 1. The standard InChI is InChI=1S/C19H22FNO2/c1-19(23,12-11-15-5-3-2-4-6-15)14-21-18(22)13-16-7-9-17(20)10-8-16/h2-10,23H,11-14H2,1H3,(H,21,22). The van der Waals surface area contributed by atoms with Crippen LogP contribution >= 0.6 is 0 Å². The van der Waals surface area contributed by atoms with Gasteiger partial charge in [0.05, 0.1) is 12.0 Å². The molecular formula is C19H22FNO2. The Bertz CT molecular complexity index is 624. The Labute approximate surface area is 136 Å². The minimum absolute atomic E-state index is 0.176. The molecule has 0 saturated heterocycles. The molecule has 0 aliphatic rings. The maximum Gasteiger partial charge on any atom is 0.224 e. The molecule has 0 aliphatic heterocycles. The zero-order valence-electron chi connectivity index (χ0n) is 13.3. The number of hydrogen-bond acceptors (Lipinski definition) is 2. The zero-order chi connectivity index (χ0) is 16.7. The van der Waals surface area contributed by atoms with E-state index in [1.807, 2.05) is 30.3 Å². The highest BCUT2D eigenvalue weighted by atomic mass is 19.1. The predicted molar refractivity (Wildman–Crippen MR) is 88.5 cm³/mol. The summed E-state index contributed by atoms with van der Waals surface area (Å²) in [7, 11) is 0. The minimum atomic E-state index is -0.964. The fourth-order valence-corrected chi connectivity index (χ4v) is 2.29. The number of nitrogens with one attached hydrogen (secondary N) is 1. The molecule has 0 aromatic heterocycles. The van der Waals surface area contributed by atoms with E-state index < -0.39 is 5.60 Å². The number of amides is 1. The van der Waals surface area contributed by atoms with E-state index in [4.69, 9.17) is 0 Å². The number of benzene rings is 2. The lowest BCUT2D eigenvalue weighted by Crippen LogP contribution is -2.41. The van der Waals surface area contributed by atoms with Gasteiger partial charge in [0, 0.05) is 6.54 Å². The second-order valence-electron chi connectivity index (χ2n) is 6.06. The van der Waals surface area contributed by atoms with Crippen LogP contribution in [0.2, 0.25) is 0 Å². The molecule has 4 heteroatoms. The molecule has 2 aromatic carbocycles. The van der Waals surface area contributed by atoms with Crippen LogP contribution in [0.5, 0.6) is 0 Å². The quantitative estimate of drug-likeness (QED) is 0.825. The van der Waals surface area contributed by atoms with Gasteiger partial charge in [-0.25, -0.2) is 4.39 Å². The lowest BCUT2D eigenvalue weighted by atomic mass is 9.96. The molecule has 1 atom stereocenters. The average Bonchev–Trinajstić information content (AvgIpc) is 2.55. The first kappa shape index (κ1) is 17.2. The predicted octanol–water partition coefficient (Wildman–Crippen LogP) is 2.87. The van der Waals surface area contributed by atoms with E-state index in [0.717, 1.165) is 17.5 Å². The van der Waals surface area contributed by atoms with Gasteiger partial charge in [-0.1, -0.05) is 42.5 Å². The SMILES string of the molecule is CC(O)(CCc1ccccc1)CNC(=O)Cc1ccc(F)cc1. The second kappa shape index (κ2) is 7.88. The largest absolute Gasteiger partial charge is 0.388 e. The van der Waals surface area contributed by atoms with E-state index in [9.17, 15) is 14.3 Å². The van der Waals surface area contributed by atoms with Gasteiger partial charge in [-0.3, -0.25) is 4.79 Å². The highest BCUT2D eigenvalue weighted by Crippen LogP contribution is 2.13. The normalized spacial score (nSPS) is 13.3. The maximum absolute atomic E-state index is 12.8. The Morgan fingerprint density at radius 1 is 1.09 bits per heavy atom. The van der Waals surface area contributed by atoms with Crippen LogP contribution in [0, 0.1) is 5.82 Å². The summed E-state index contributed by atoms with van der Waals surface area (Å²) in [5.74, 6) is -0.505. The highest BCUT2D eigenvalue weighted by molar-refractivity contribution is 5.78. The van der Waals surface area contributed by atoms with E-state index in [0.29, 0.717) is 6.42 Å². The number of carbonyl (C=O) groups excluding carboxylic acids is 1. The van der Waals surface area contributed by atoms with E-state index in [-0.39, 0.29) is 24.7 Å². The third-order valence-corrected chi connectivity index (χ3v) is 3.74. The van der Waals surface area contributed by atoms with Gasteiger partial charge < -0.3 is 10.4 Å². The number of rotatable bonds is 7. The van der Waals surface area contributed by atoms with E-state index in [2.05, 4.69) is 5.32 Å². The van der Waals surface area contributed by atoms with Gasteiger partial charge in [-0.05, 0) is 43.0 Å². The van der Waals surface area contributed by atoms with Crippen molar-refractivity contribution >= 4 is 5.91 Å². The molecule has 0 radical (unpaired) electrons. The van der Waals surface area contributed by atoms with Crippen molar-refractivity contribution in [3.63, 3.8) is 0 Å². The molecule has 0 saturated carbocycles. The third-order valence-electron chi connectivity index (χ3n) is 3.74. The van der Waals surface area contributed by atoms with Gasteiger partial charge >= 0.3 is 0 Å². The van der Waals surface area contributed by atoms with Crippen LogP contribution in [0.3, 0.4) is 0 Å². The molecule has 1 unspecified atom stereocenters. The molecule has 2 N–H and O–H groups in total. The smallest absolute Gasteiger partial charge is 0.224 e. The molecule has 122 valence electrons. The maximum atomic E-state index is 12.8. The number of carbonyl (C=O) groups is 1. The highest BCUT2D eigenvalue weighted by Gasteiger charge is 2.21. The Morgan fingerprint density at radius 3 is 2.39 bits per heavy atom. The van der Waals surface area contributed by atoms with Crippen molar-refractivity contribution < 1.29 is 14.3 Å². The first-order valence-electron chi connectivity index (χ1n) is 7.72. The molecule has 0 fully saturated rings. The van der Waals surface area contributed by atoms with Crippen LogP contribution < -0.4 is 5.32 Å². The van der Waals surface area contributed by atoms with Crippen LogP contribution in [0.1, 0.15) is 24.5 Å². The third kappa shape index (κ3) is 6.20. The summed E-state index contributed by atoms with van der Waals surface area (Å²) in [5, 5.41) is 13.1. The Morgan fingerprint density at radius 2 is 1.74 bits per heavy atom. The van der Waals surface area contributed by atoms with Crippen LogP contribution in [-0.2, 0) is 17.6 Å². The van der Waals surface area contributed by atoms with E-state index in [1.165, 1.54) is 12.1 Å².